The van der Waals surface area contributed by atoms with E-state index in [2.05, 4.69) is 31.9 Å². The number of rotatable bonds is 14. The van der Waals surface area contributed by atoms with Crippen molar-refractivity contribution in [2.24, 2.45) is 0 Å². The maximum atomic E-state index is 16.5. The molecule has 0 saturated heterocycles. The van der Waals surface area contributed by atoms with Crippen LogP contribution in [-0.4, -0.2) is 24.7 Å². The first-order valence-corrected chi connectivity index (χ1v) is 14.9. The van der Waals surface area contributed by atoms with Crippen molar-refractivity contribution in [1.82, 2.24) is 0 Å². The zero-order valence-electron chi connectivity index (χ0n) is 21.4. The van der Waals surface area contributed by atoms with Gasteiger partial charge in [0.05, 0.1) is 5.41 Å². The van der Waals surface area contributed by atoms with Gasteiger partial charge in [-0.25, -0.2) is 8.78 Å². The molecule has 0 amide bonds. The summed E-state index contributed by atoms with van der Waals surface area (Å²) < 4.78 is 109. The fourth-order valence-electron chi connectivity index (χ4n) is 5.66. The highest BCUT2D eigenvalue weighted by atomic mass is 79.9. The number of benzene rings is 2. The maximum absolute atomic E-state index is 16.5. The molecule has 0 spiro atoms. The summed E-state index contributed by atoms with van der Waals surface area (Å²) in [6.07, 6.45) is -11.6. The second-order valence-corrected chi connectivity index (χ2v) is 12.2. The van der Waals surface area contributed by atoms with Gasteiger partial charge in [0, 0.05) is 21.8 Å². The molecule has 1 aliphatic carbocycles. The zero-order chi connectivity index (χ0) is 28.8. The monoisotopic (exact) mass is 690 g/mol. The molecule has 10 heteroatoms. The van der Waals surface area contributed by atoms with E-state index in [-0.39, 0.29) is 25.7 Å². The summed E-state index contributed by atoms with van der Waals surface area (Å²) >= 11 is 6.86. The molecule has 1 aliphatic rings. The summed E-state index contributed by atoms with van der Waals surface area (Å²) in [5, 5.41) is 0. The van der Waals surface area contributed by atoms with Gasteiger partial charge in [-0.15, -0.1) is 0 Å². The molecule has 218 valence electrons. The molecule has 2 atom stereocenters. The fraction of sp³-hybridized carbons (Fsp3) is 0.586. The van der Waals surface area contributed by atoms with Crippen LogP contribution in [0.4, 0.5) is 35.1 Å². The molecule has 2 aromatic rings. The van der Waals surface area contributed by atoms with Crippen LogP contribution in [0, 0.1) is 0 Å². The Morgan fingerprint density at radius 1 is 0.564 bits per heavy atom. The van der Waals surface area contributed by atoms with E-state index in [1.807, 2.05) is 24.3 Å². The number of alkyl halides is 8. The third-order valence-electron chi connectivity index (χ3n) is 7.47. The zero-order valence-corrected chi connectivity index (χ0v) is 24.6. The second-order valence-electron chi connectivity index (χ2n) is 10.3. The molecule has 2 unspecified atom stereocenters. The van der Waals surface area contributed by atoms with Gasteiger partial charge in [-0.2, -0.15) is 26.3 Å². The predicted octanol–water partition coefficient (Wildman–Crippen LogP) is 12.0. The summed E-state index contributed by atoms with van der Waals surface area (Å²) in [5.74, 6) is 0. The summed E-state index contributed by atoms with van der Waals surface area (Å²) in [6.45, 7) is 0. The Hall–Kier alpha value is -1.16. The van der Waals surface area contributed by atoms with Crippen molar-refractivity contribution in [3.63, 3.8) is 0 Å². The van der Waals surface area contributed by atoms with Gasteiger partial charge in [0.25, 0.3) is 0 Å². The Labute approximate surface area is 241 Å². The van der Waals surface area contributed by atoms with Crippen LogP contribution in [0.2, 0.25) is 0 Å². The van der Waals surface area contributed by atoms with E-state index in [0.29, 0.717) is 58.6 Å². The number of halogens is 10. The number of hydrogen-bond acceptors (Lipinski definition) is 0. The molecular formula is C29H32Br2F8. The molecule has 0 aromatic heterocycles. The minimum absolute atomic E-state index is 0.0179. The molecule has 0 saturated carbocycles. The van der Waals surface area contributed by atoms with E-state index < -0.39 is 43.0 Å². The lowest BCUT2D eigenvalue weighted by molar-refractivity contribution is -0.136. The highest BCUT2D eigenvalue weighted by molar-refractivity contribution is 9.10. The van der Waals surface area contributed by atoms with Gasteiger partial charge in [-0.3, -0.25) is 0 Å². The van der Waals surface area contributed by atoms with Crippen molar-refractivity contribution in [2.75, 3.05) is 0 Å². The normalized spacial score (nSPS) is 16.2. The summed E-state index contributed by atoms with van der Waals surface area (Å²) in [5.41, 5.74) is 0.844. The van der Waals surface area contributed by atoms with Gasteiger partial charge in [-0.05, 0) is 72.2 Å². The molecule has 0 nitrogen and oxygen atoms in total. The first-order valence-electron chi connectivity index (χ1n) is 13.3. The van der Waals surface area contributed by atoms with Gasteiger partial charge in [0.2, 0.25) is 0 Å². The summed E-state index contributed by atoms with van der Waals surface area (Å²) in [4.78, 5) is 0. The van der Waals surface area contributed by atoms with Crippen LogP contribution in [0.1, 0.15) is 88.2 Å². The topological polar surface area (TPSA) is 0 Å². The van der Waals surface area contributed by atoms with Gasteiger partial charge < -0.3 is 0 Å². The van der Waals surface area contributed by atoms with Crippen LogP contribution < -0.4 is 0 Å². The molecule has 0 fully saturated rings. The molecule has 0 heterocycles. The van der Waals surface area contributed by atoms with E-state index in [4.69, 9.17) is 0 Å². The lowest BCUT2D eigenvalue weighted by Crippen LogP contribution is -2.45. The van der Waals surface area contributed by atoms with Gasteiger partial charge >= 0.3 is 12.4 Å². The SMILES string of the molecule is FC(CCCCCCC(F)(F)F)C1(C(F)CCCCCCC(F)(F)F)c2cc(Br)ccc2-c2ccc(Br)cc21. The van der Waals surface area contributed by atoms with Gasteiger partial charge in [0.15, 0.2) is 0 Å². The average Bonchev–Trinajstić information content (AvgIpc) is 3.11. The number of unbranched alkanes of at least 4 members (excludes halogenated alkanes) is 6. The van der Waals surface area contributed by atoms with E-state index in [0.717, 1.165) is 11.1 Å². The minimum atomic E-state index is -4.22. The third kappa shape index (κ3) is 8.43. The van der Waals surface area contributed by atoms with E-state index in [1.165, 1.54) is 0 Å². The van der Waals surface area contributed by atoms with Crippen LogP contribution in [-0.2, 0) is 5.41 Å². The summed E-state index contributed by atoms with van der Waals surface area (Å²) in [6, 6.07) is 10.7. The van der Waals surface area contributed by atoms with Gasteiger partial charge in [0.1, 0.15) is 12.3 Å². The van der Waals surface area contributed by atoms with Crippen LogP contribution in [0.15, 0.2) is 45.3 Å². The molecule has 0 N–H and O–H groups in total. The Morgan fingerprint density at radius 2 is 0.923 bits per heavy atom. The largest absolute Gasteiger partial charge is 0.389 e. The molecule has 0 aliphatic heterocycles. The Balaban J connectivity index is 1.83. The molecular weight excluding hydrogens is 660 g/mol. The van der Waals surface area contributed by atoms with E-state index in [1.54, 1.807) is 12.1 Å². The molecule has 0 bridgehead atoms. The predicted molar refractivity (Wildman–Crippen MR) is 145 cm³/mol. The number of fused-ring (bicyclic) bond motifs is 3. The second kappa shape index (κ2) is 13.7. The van der Waals surface area contributed by atoms with Gasteiger partial charge in [-0.1, -0.05) is 82.5 Å². The van der Waals surface area contributed by atoms with E-state index >= 15 is 8.78 Å². The lowest BCUT2D eigenvalue weighted by Gasteiger charge is -2.38. The highest BCUT2D eigenvalue weighted by Crippen LogP contribution is 2.57. The highest BCUT2D eigenvalue weighted by Gasteiger charge is 2.54. The minimum Gasteiger partial charge on any atom is -0.246 e. The Kier molecular flexibility index (Phi) is 11.3. The molecule has 2 aromatic carbocycles. The van der Waals surface area contributed by atoms with Crippen molar-refractivity contribution in [1.29, 1.82) is 0 Å². The number of hydrogen-bond donors (Lipinski definition) is 0. The first kappa shape index (κ1) is 32.4. The maximum Gasteiger partial charge on any atom is 0.389 e. The third-order valence-corrected chi connectivity index (χ3v) is 8.46. The van der Waals surface area contributed by atoms with E-state index in [9.17, 15) is 26.3 Å². The van der Waals surface area contributed by atoms with Crippen LogP contribution >= 0.6 is 31.9 Å². The van der Waals surface area contributed by atoms with Crippen LogP contribution in [0.3, 0.4) is 0 Å². The molecule has 39 heavy (non-hydrogen) atoms. The standard InChI is InChI=1S/C29H32Br2F8/c30-19-11-13-21-22-14-12-20(31)18-24(22)29(23(21)17-19,25(32)9-5-1-3-7-15-27(34,35)36)26(33)10-6-2-4-8-16-28(37,38)39/h11-14,17-18,25-26H,1-10,15-16H2. The van der Waals surface area contributed by atoms with Crippen LogP contribution in [0.25, 0.3) is 11.1 Å². The van der Waals surface area contributed by atoms with Crippen molar-refractivity contribution < 1.29 is 35.1 Å². The van der Waals surface area contributed by atoms with Crippen LogP contribution in [0.5, 0.6) is 0 Å². The fourth-order valence-corrected chi connectivity index (χ4v) is 6.39. The smallest absolute Gasteiger partial charge is 0.246 e. The first-order chi connectivity index (χ1) is 18.3. The Bertz CT molecular complexity index is 994. The van der Waals surface area contributed by atoms with Crippen molar-refractivity contribution in [3.8, 4) is 11.1 Å². The van der Waals surface area contributed by atoms with Crippen molar-refractivity contribution in [3.05, 3.63) is 56.5 Å². The average molecular weight is 692 g/mol. The lowest BCUT2D eigenvalue weighted by atomic mass is 9.68. The Morgan fingerprint density at radius 3 is 1.28 bits per heavy atom. The molecule has 3 rings (SSSR count). The van der Waals surface area contributed by atoms with Crippen molar-refractivity contribution >= 4 is 31.9 Å². The quantitative estimate of drug-likeness (QED) is 0.137. The van der Waals surface area contributed by atoms with Crippen molar-refractivity contribution in [2.45, 2.75) is 107 Å². The summed E-state index contributed by atoms with van der Waals surface area (Å²) in [7, 11) is 0. The molecule has 0 radical (unpaired) electrons.